The van der Waals surface area contributed by atoms with Crippen molar-refractivity contribution in [2.75, 3.05) is 6.61 Å². The average Bonchev–Trinajstić information content (AvgIpc) is 1.66. The van der Waals surface area contributed by atoms with Gasteiger partial charge in [0, 0.05) is 6.42 Å². The Balaban J connectivity index is 2.72. The van der Waals surface area contributed by atoms with E-state index in [1.807, 2.05) is 0 Å². The van der Waals surface area contributed by atoms with Crippen LogP contribution in [0.15, 0.2) is 0 Å². The summed E-state index contributed by atoms with van der Waals surface area (Å²) in [6.07, 6.45) is 1.23. The van der Waals surface area contributed by atoms with Gasteiger partial charge in [-0.1, -0.05) is 0 Å². The number of aliphatic hydroxyl groups is 1. The van der Waals surface area contributed by atoms with Gasteiger partial charge >= 0.3 is 0 Å². The molecule has 1 unspecified atom stereocenters. The van der Waals surface area contributed by atoms with E-state index in [1.165, 1.54) is 6.42 Å². The molecule has 4 nitrogen and oxygen atoms in total. The predicted molar refractivity (Wildman–Crippen MR) is 29.3 cm³/mol. The van der Waals surface area contributed by atoms with Crippen molar-refractivity contribution in [2.45, 2.75) is 12.6 Å². The van der Waals surface area contributed by atoms with Gasteiger partial charge in [-0.25, -0.2) is 5.90 Å². The zero-order chi connectivity index (χ0) is 6.41. The van der Waals surface area contributed by atoms with Crippen LogP contribution in [0.1, 0.15) is 6.42 Å². The number of rotatable bonds is 4. The molecule has 0 aromatic carbocycles. The fourth-order valence-corrected chi connectivity index (χ4v) is 0.307. The van der Waals surface area contributed by atoms with Gasteiger partial charge < -0.3 is 15.7 Å². The molecule has 0 fully saturated rings. The van der Waals surface area contributed by atoms with Crippen LogP contribution >= 0.6 is 0 Å². The molecule has 0 aliphatic carbocycles. The summed E-state index contributed by atoms with van der Waals surface area (Å²) in [5, 5.41) is 8.40. The first-order valence-electron chi connectivity index (χ1n) is 2.36. The lowest BCUT2D eigenvalue weighted by Crippen LogP contribution is -2.20. The van der Waals surface area contributed by atoms with Gasteiger partial charge in [-0.15, -0.1) is 0 Å². The molecule has 0 aliphatic rings. The second-order valence-electron chi connectivity index (χ2n) is 1.39. The Morgan fingerprint density at radius 2 is 2.38 bits per heavy atom. The van der Waals surface area contributed by atoms with Gasteiger partial charge in [-0.3, -0.25) is 0 Å². The van der Waals surface area contributed by atoms with Crippen molar-refractivity contribution in [3.63, 3.8) is 0 Å². The van der Waals surface area contributed by atoms with Gasteiger partial charge in [0.25, 0.3) is 0 Å². The minimum atomic E-state index is -0.856. The highest BCUT2D eigenvalue weighted by atomic mass is 16.6. The van der Waals surface area contributed by atoms with E-state index in [0.29, 0.717) is 13.0 Å². The Hall–Kier alpha value is -0.160. The van der Waals surface area contributed by atoms with Crippen molar-refractivity contribution in [1.82, 2.24) is 0 Å². The summed E-state index contributed by atoms with van der Waals surface area (Å²) in [7, 11) is 0. The van der Waals surface area contributed by atoms with Crippen molar-refractivity contribution in [2.24, 2.45) is 11.6 Å². The van der Waals surface area contributed by atoms with E-state index in [2.05, 4.69) is 10.7 Å². The van der Waals surface area contributed by atoms with Crippen LogP contribution in [0.5, 0.6) is 0 Å². The Morgan fingerprint density at radius 3 is 2.75 bits per heavy atom. The molecule has 4 heteroatoms. The molecule has 0 aliphatic heterocycles. The summed E-state index contributed by atoms with van der Waals surface area (Å²) in [5.41, 5.74) is 4.94. The van der Waals surface area contributed by atoms with Gasteiger partial charge in [0.2, 0.25) is 0 Å². The van der Waals surface area contributed by atoms with Gasteiger partial charge in [-0.05, 0) is 6.42 Å². The zero-order valence-electron chi connectivity index (χ0n) is 4.58. The first-order valence-corrected chi connectivity index (χ1v) is 2.36. The molecule has 0 aromatic heterocycles. The summed E-state index contributed by atoms with van der Waals surface area (Å²) in [6, 6.07) is 0. The molecule has 1 atom stereocenters. The second-order valence-corrected chi connectivity index (χ2v) is 1.39. The van der Waals surface area contributed by atoms with E-state index < -0.39 is 6.23 Å². The molecule has 0 spiro atoms. The quantitative estimate of drug-likeness (QED) is 0.245. The molecule has 0 saturated carbocycles. The lowest BCUT2D eigenvalue weighted by Gasteiger charge is -2.00. The van der Waals surface area contributed by atoms with E-state index in [4.69, 9.17) is 10.8 Å². The number of aliphatic hydroxyl groups excluding tert-OH is 1. The van der Waals surface area contributed by atoms with E-state index in [0.717, 1.165) is 0 Å². The Morgan fingerprint density at radius 1 is 1.75 bits per heavy atom. The molecule has 49 valence electrons. The van der Waals surface area contributed by atoms with Crippen LogP contribution in [0.3, 0.4) is 0 Å². The summed E-state index contributed by atoms with van der Waals surface area (Å²) < 4.78 is 0. The highest BCUT2D eigenvalue weighted by molar-refractivity contribution is 4.68. The topological polar surface area (TPSA) is 81.5 Å². The number of hydrogen-bond donors (Lipinski definition) is 3. The molecule has 0 bridgehead atoms. The van der Waals surface area contributed by atoms with Crippen LogP contribution in [0.4, 0.5) is 0 Å². The van der Waals surface area contributed by atoms with E-state index in [9.17, 15) is 0 Å². The van der Waals surface area contributed by atoms with Crippen LogP contribution < -0.4 is 11.6 Å². The smallest absolute Gasteiger partial charge is 0.105 e. The Labute approximate surface area is 48.4 Å². The molecule has 0 heterocycles. The first-order chi connectivity index (χ1) is 3.77. The third-order valence-corrected chi connectivity index (χ3v) is 0.644. The standard InChI is InChI=1S/C4H11N2O2/c5-4(7)2-1-3-8-6/h2,4,7H,1,3,5-6H2. The number of nitrogens with two attached hydrogens (primary N) is 2. The van der Waals surface area contributed by atoms with Crippen LogP contribution in [-0.4, -0.2) is 17.9 Å². The molecule has 1 radical (unpaired) electrons. The van der Waals surface area contributed by atoms with Crippen molar-refractivity contribution < 1.29 is 9.94 Å². The summed E-state index contributed by atoms with van der Waals surface area (Å²) in [4.78, 5) is 4.19. The van der Waals surface area contributed by atoms with Crippen LogP contribution in [-0.2, 0) is 4.84 Å². The fourth-order valence-electron chi connectivity index (χ4n) is 0.307. The third kappa shape index (κ3) is 5.84. The highest BCUT2D eigenvalue weighted by Gasteiger charge is 1.93. The molecule has 5 N–H and O–H groups in total. The predicted octanol–water partition coefficient (Wildman–Crippen LogP) is -1.25. The van der Waals surface area contributed by atoms with Gasteiger partial charge in [0.15, 0.2) is 0 Å². The second kappa shape index (κ2) is 4.99. The molecule has 8 heavy (non-hydrogen) atoms. The number of hydrogen-bond acceptors (Lipinski definition) is 4. The third-order valence-electron chi connectivity index (χ3n) is 0.644. The molecular weight excluding hydrogens is 108 g/mol. The molecule has 0 rings (SSSR count). The van der Waals surface area contributed by atoms with Crippen molar-refractivity contribution >= 4 is 0 Å². The van der Waals surface area contributed by atoms with Crippen molar-refractivity contribution in [1.29, 1.82) is 0 Å². The maximum Gasteiger partial charge on any atom is 0.105 e. The maximum atomic E-state index is 8.40. The van der Waals surface area contributed by atoms with Gasteiger partial charge in [0.1, 0.15) is 6.23 Å². The Kier molecular flexibility index (Phi) is 4.89. The molecule has 0 saturated heterocycles. The average molecular weight is 119 g/mol. The highest BCUT2D eigenvalue weighted by Crippen LogP contribution is 1.86. The lowest BCUT2D eigenvalue weighted by molar-refractivity contribution is 0.131. The lowest BCUT2D eigenvalue weighted by atomic mass is 10.3. The first kappa shape index (κ1) is 7.84. The van der Waals surface area contributed by atoms with E-state index >= 15 is 0 Å². The molecular formula is C4H11N2O2. The maximum absolute atomic E-state index is 8.40. The van der Waals surface area contributed by atoms with E-state index in [-0.39, 0.29) is 0 Å². The summed E-state index contributed by atoms with van der Waals surface area (Å²) >= 11 is 0. The molecule has 0 aromatic rings. The van der Waals surface area contributed by atoms with Crippen LogP contribution in [0.2, 0.25) is 0 Å². The van der Waals surface area contributed by atoms with Crippen LogP contribution in [0, 0.1) is 6.42 Å². The van der Waals surface area contributed by atoms with Crippen molar-refractivity contribution in [3.8, 4) is 0 Å². The fraction of sp³-hybridized carbons (Fsp3) is 0.750. The van der Waals surface area contributed by atoms with Gasteiger partial charge in [0.05, 0.1) is 6.61 Å². The summed E-state index contributed by atoms with van der Waals surface area (Å²) in [6.45, 7) is 0.397. The largest absolute Gasteiger partial charge is 0.379 e. The van der Waals surface area contributed by atoms with Crippen LogP contribution in [0.25, 0.3) is 0 Å². The van der Waals surface area contributed by atoms with Crippen molar-refractivity contribution in [3.05, 3.63) is 6.42 Å². The van der Waals surface area contributed by atoms with Gasteiger partial charge in [-0.2, -0.15) is 0 Å². The van der Waals surface area contributed by atoms with E-state index in [1.54, 1.807) is 0 Å². The SMILES string of the molecule is NOCC[CH]C(N)O. The molecule has 0 amide bonds. The Bertz CT molecular complexity index is 49.3. The minimum absolute atomic E-state index is 0.397. The minimum Gasteiger partial charge on any atom is -0.379 e. The summed E-state index contributed by atoms with van der Waals surface area (Å²) in [5.74, 6) is 4.67. The zero-order valence-corrected chi connectivity index (χ0v) is 4.58. The monoisotopic (exact) mass is 119 g/mol. The normalized spacial score (nSPS) is 13.9.